The summed E-state index contributed by atoms with van der Waals surface area (Å²) in [7, 11) is 3.50. The molecular formula is C23H31ClN2O5. The first-order chi connectivity index (χ1) is 14.5. The first-order valence-corrected chi connectivity index (χ1v) is 10.1. The Morgan fingerprint density at radius 1 is 1.13 bits per heavy atom. The number of hydrogen-bond donors (Lipinski definition) is 3. The van der Waals surface area contributed by atoms with E-state index in [1.165, 1.54) is 5.56 Å². The Morgan fingerprint density at radius 3 is 2.42 bits per heavy atom. The van der Waals surface area contributed by atoms with Gasteiger partial charge in [0.15, 0.2) is 0 Å². The quantitative estimate of drug-likeness (QED) is 0.536. The molecule has 0 saturated carbocycles. The Balaban J connectivity index is 0.00000341. The van der Waals surface area contributed by atoms with E-state index in [0.717, 1.165) is 13.0 Å². The predicted octanol–water partition coefficient (Wildman–Crippen LogP) is 1.51. The van der Waals surface area contributed by atoms with E-state index in [1.54, 1.807) is 31.4 Å². The highest BCUT2D eigenvalue weighted by molar-refractivity contribution is 5.94. The zero-order valence-corrected chi connectivity index (χ0v) is 18.6. The minimum absolute atomic E-state index is 0. The summed E-state index contributed by atoms with van der Waals surface area (Å²) in [6.07, 6.45) is -1.11. The molecule has 0 aromatic heterocycles. The van der Waals surface area contributed by atoms with Gasteiger partial charge in [-0.2, -0.15) is 0 Å². The summed E-state index contributed by atoms with van der Waals surface area (Å²) in [5.41, 5.74) is 1.72. The number of rotatable bonds is 9. The fourth-order valence-electron chi connectivity index (χ4n) is 3.83. The van der Waals surface area contributed by atoms with Crippen molar-refractivity contribution in [2.75, 3.05) is 33.9 Å². The van der Waals surface area contributed by atoms with Gasteiger partial charge in [0.1, 0.15) is 18.0 Å². The van der Waals surface area contributed by atoms with Crippen molar-refractivity contribution in [1.82, 2.24) is 10.2 Å². The lowest BCUT2D eigenvalue weighted by Gasteiger charge is -2.30. The highest BCUT2D eigenvalue weighted by Gasteiger charge is 2.45. The number of benzene rings is 2. The van der Waals surface area contributed by atoms with Gasteiger partial charge in [-0.25, -0.2) is 0 Å². The number of halogens is 1. The van der Waals surface area contributed by atoms with Crippen LogP contribution in [0.2, 0.25) is 0 Å². The summed E-state index contributed by atoms with van der Waals surface area (Å²) < 4.78 is 11.0. The number of aliphatic hydroxyl groups is 2. The van der Waals surface area contributed by atoms with Gasteiger partial charge in [0, 0.05) is 18.7 Å². The Hall–Kier alpha value is -2.16. The summed E-state index contributed by atoms with van der Waals surface area (Å²) in [5.74, 6) is 0.452. The lowest BCUT2D eigenvalue weighted by molar-refractivity contribution is -0.0209. The van der Waals surface area contributed by atoms with Gasteiger partial charge in [-0.15, -0.1) is 12.4 Å². The van der Waals surface area contributed by atoms with Gasteiger partial charge in [-0.3, -0.25) is 9.69 Å². The van der Waals surface area contributed by atoms with Crippen molar-refractivity contribution in [2.24, 2.45) is 0 Å². The molecule has 4 atom stereocenters. The molecule has 31 heavy (non-hydrogen) atoms. The van der Waals surface area contributed by atoms with Crippen LogP contribution in [0.25, 0.3) is 0 Å². The molecule has 1 saturated heterocycles. The van der Waals surface area contributed by atoms with Crippen LogP contribution in [-0.2, 0) is 11.2 Å². The molecule has 8 heteroatoms. The number of nitrogens with one attached hydrogen (secondary N) is 1. The standard InChI is InChI=1S/C23H30N2O5.ClH/c1-25(13-12-16-6-4-3-5-7-16)21-19(30-20(15-26)22(21)27)14-24-23(28)17-8-10-18(29-2)11-9-17;/h3-11,19-22,26-27H,12-15H2,1-2H3,(H,24,28);1H/t19-,20+,21+,22-;/m1./s1. The number of ether oxygens (including phenoxy) is 2. The molecule has 2 aromatic rings. The van der Waals surface area contributed by atoms with E-state index in [1.807, 2.05) is 30.1 Å². The smallest absolute Gasteiger partial charge is 0.251 e. The molecule has 3 rings (SSSR count). The van der Waals surface area contributed by atoms with Crippen LogP contribution in [0.5, 0.6) is 5.75 Å². The second kappa shape index (κ2) is 12.0. The highest BCUT2D eigenvalue weighted by Crippen LogP contribution is 2.25. The Labute approximate surface area is 189 Å². The summed E-state index contributed by atoms with van der Waals surface area (Å²) in [6, 6.07) is 16.6. The van der Waals surface area contributed by atoms with E-state index in [4.69, 9.17) is 9.47 Å². The molecule has 1 aliphatic heterocycles. The average Bonchev–Trinajstić information content (AvgIpc) is 3.11. The molecule has 0 radical (unpaired) electrons. The van der Waals surface area contributed by atoms with Crippen LogP contribution < -0.4 is 10.1 Å². The van der Waals surface area contributed by atoms with E-state index in [2.05, 4.69) is 17.4 Å². The maximum absolute atomic E-state index is 12.5. The molecule has 1 heterocycles. The highest BCUT2D eigenvalue weighted by atomic mass is 35.5. The SMILES string of the molecule is COc1ccc(C(=O)NC[C@H]2O[C@@H](CO)[C@@H](O)[C@H]2N(C)CCc2ccccc2)cc1.Cl. The van der Waals surface area contributed by atoms with Crippen molar-refractivity contribution in [3.8, 4) is 5.75 Å². The largest absolute Gasteiger partial charge is 0.497 e. The third-order valence-electron chi connectivity index (χ3n) is 5.56. The number of likely N-dealkylation sites (N-methyl/N-ethyl adjacent to an activating group) is 1. The third kappa shape index (κ3) is 6.41. The first kappa shape index (κ1) is 25.1. The minimum Gasteiger partial charge on any atom is -0.497 e. The molecule has 0 bridgehead atoms. The summed E-state index contributed by atoms with van der Waals surface area (Å²) in [6.45, 7) is 0.683. The van der Waals surface area contributed by atoms with Gasteiger partial charge < -0.3 is 25.0 Å². The molecule has 2 aromatic carbocycles. The monoisotopic (exact) mass is 450 g/mol. The van der Waals surface area contributed by atoms with E-state index in [-0.39, 0.29) is 37.5 Å². The number of hydrogen-bond acceptors (Lipinski definition) is 6. The second-order valence-corrected chi connectivity index (χ2v) is 7.53. The topological polar surface area (TPSA) is 91.3 Å². The van der Waals surface area contributed by atoms with Crippen LogP contribution in [0.4, 0.5) is 0 Å². The van der Waals surface area contributed by atoms with Gasteiger partial charge >= 0.3 is 0 Å². The molecule has 1 amide bonds. The predicted molar refractivity (Wildman–Crippen MR) is 121 cm³/mol. The number of nitrogens with zero attached hydrogens (tertiary/aromatic N) is 1. The van der Waals surface area contributed by atoms with Crippen molar-refractivity contribution >= 4 is 18.3 Å². The first-order valence-electron chi connectivity index (χ1n) is 10.1. The van der Waals surface area contributed by atoms with Crippen LogP contribution in [0, 0.1) is 0 Å². The van der Waals surface area contributed by atoms with Crippen LogP contribution >= 0.6 is 12.4 Å². The molecule has 1 fully saturated rings. The lowest BCUT2D eigenvalue weighted by Crippen LogP contribution is -2.50. The van der Waals surface area contributed by atoms with E-state index >= 15 is 0 Å². The maximum Gasteiger partial charge on any atom is 0.251 e. The van der Waals surface area contributed by atoms with Crippen molar-refractivity contribution in [2.45, 2.75) is 30.8 Å². The number of methoxy groups -OCH3 is 1. The average molecular weight is 451 g/mol. The molecule has 3 N–H and O–H groups in total. The summed E-state index contributed by atoms with van der Waals surface area (Å²) >= 11 is 0. The molecule has 0 unspecified atom stereocenters. The minimum atomic E-state index is -0.835. The lowest BCUT2D eigenvalue weighted by atomic mass is 10.0. The maximum atomic E-state index is 12.5. The number of amides is 1. The van der Waals surface area contributed by atoms with Crippen LogP contribution in [0.15, 0.2) is 54.6 Å². The van der Waals surface area contributed by atoms with Crippen LogP contribution in [-0.4, -0.2) is 79.2 Å². The molecule has 0 spiro atoms. The zero-order chi connectivity index (χ0) is 21.5. The summed E-state index contributed by atoms with van der Waals surface area (Å²) in [5, 5.41) is 23.1. The normalized spacial score (nSPS) is 22.7. The summed E-state index contributed by atoms with van der Waals surface area (Å²) in [4.78, 5) is 14.5. The molecular weight excluding hydrogens is 420 g/mol. The van der Waals surface area contributed by atoms with Crippen molar-refractivity contribution in [1.29, 1.82) is 0 Å². The third-order valence-corrected chi connectivity index (χ3v) is 5.56. The van der Waals surface area contributed by atoms with Gasteiger partial charge in [0.25, 0.3) is 5.91 Å². The molecule has 0 aliphatic carbocycles. The second-order valence-electron chi connectivity index (χ2n) is 7.53. The van der Waals surface area contributed by atoms with Gasteiger partial charge in [-0.1, -0.05) is 30.3 Å². The molecule has 170 valence electrons. The van der Waals surface area contributed by atoms with Gasteiger partial charge in [0.05, 0.1) is 25.9 Å². The zero-order valence-electron chi connectivity index (χ0n) is 17.8. The number of carbonyl (C=O) groups excluding carboxylic acids is 1. The van der Waals surface area contributed by atoms with E-state index < -0.39 is 18.3 Å². The van der Waals surface area contributed by atoms with Gasteiger partial charge in [0.2, 0.25) is 0 Å². The Kier molecular flexibility index (Phi) is 9.74. The fraction of sp³-hybridized carbons (Fsp3) is 0.435. The van der Waals surface area contributed by atoms with Crippen molar-refractivity contribution in [3.63, 3.8) is 0 Å². The van der Waals surface area contributed by atoms with Crippen molar-refractivity contribution < 1.29 is 24.5 Å². The molecule has 1 aliphatic rings. The van der Waals surface area contributed by atoms with Crippen molar-refractivity contribution in [3.05, 3.63) is 65.7 Å². The Bertz CT molecular complexity index is 805. The van der Waals surface area contributed by atoms with Gasteiger partial charge in [-0.05, 0) is 43.3 Å². The number of aliphatic hydroxyl groups excluding tert-OH is 2. The number of carbonyl (C=O) groups is 1. The van der Waals surface area contributed by atoms with Crippen LogP contribution in [0.3, 0.4) is 0 Å². The van der Waals surface area contributed by atoms with E-state index in [0.29, 0.717) is 11.3 Å². The van der Waals surface area contributed by atoms with Crippen LogP contribution in [0.1, 0.15) is 15.9 Å². The fourth-order valence-corrected chi connectivity index (χ4v) is 3.83. The Morgan fingerprint density at radius 2 is 1.81 bits per heavy atom. The van der Waals surface area contributed by atoms with E-state index in [9.17, 15) is 15.0 Å². The molecule has 7 nitrogen and oxygen atoms in total.